The molecule has 0 saturated carbocycles. The molecule has 2 aromatic carbocycles. The van der Waals surface area contributed by atoms with Gasteiger partial charge < -0.3 is 9.47 Å². The van der Waals surface area contributed by atoms with Crippen LogP contribution in [0.1, 0.15) is 18.1 Å². The normalized spacial score (nSPS) is 13.7. The Bertz CT molecular complexity index is 584. The first-order valence-electron chi connectivity index (χ1n) is 6.67. The Balaban J connectivity index is 2.13. The number of hydrogen-bond acceptors (Lipinski definition) is 2. The van der Waals surface area contributed by atoms with Crippen LogP contribution in [0.15, 0.2) is 53.0 Å². The number of methoxy groups -OCH3 is 1. The molecule has 0 heterocycles. The lowest BCUT2D eigenvalue weighted by molar-refractivity contribution is -0.0294. The highest BCUT2D eigenvalue weighted by atomic mass is 79.9. The van der Waals surface area contributed by atoms with Gasteiger partial charge in [0.25, 0.3) is 0 Å². The van der Waals surface area contributed by atoms with Crippen LogP contribution in [0.25, 0.3) is 0 Å². The van der Waals surface area contributed by atoms with E-state index in [0.717, 1.165) is 26.7 Å². The summed E-state index contributed by atoms with van der Waals surface area (Å²) in [5.74, 6) is 0.854. The third-order valence-corrected chi connectivity index (χ3v) is 5.18. The predicted molar refractivity (Wildman–Crippen MR) is 93.1 cm³/mol. The van der Waals surface area contributed by atoms with Gasteiger partial charge in [0, 0.05) is 9.80 Å². The Hall–Kier alpha value is -0.840. The number of halogens is 2. The summed E-state index contributed by atoms with van der Waals surface area (Å²) in [6.07, 6.45) is 0. The number of hydrogen-bond donors (Lipinski definition) is 0. The van der Waals surface area contributed by atoms with Crippen molar-refractivity contribution in [3.63, 3.8) is 0 Å². The standard InChI is InChI=1S/C17H18Br2O2/c1-17(12-18,15-5-3-4-6-16(15)19)21-11-13-7-9-14(20-2)10-8-13/h3-10H,11-12H2,1-2H3. The molecule has 2 aromatic rings. The number of benzene rings is 2. The van der Waals surface area contributed by atoms with Gasteiger partial charge in [-0.1, -0.05) is 62.2 Å². The molecule has 1 atom stereocenters. The minimum absolute atomic E-state index is 0.389. The molecule has 4 heteroatoms. The minimum atomic E-state index is -0.389. The van der Waals surface area contributed by atoms with E-state index in [-0.39, 0.29) is 5.60 Å². The van der Waals surface area contributed by atoms with Crippen molar-refractivity contribution in [3.05, 3.63) is 64.1 Å². The van der Waals surface area contributed by atoms with Crippen molar-refractivity contribution in [2.24, 2.45) is 0 Å². The second kappa shape index (κ2) is 7.43. The second-order valence-corrected chi connectivity index (χ2v) is 6.40. The smallest absolute Gasteiger partial charge is 0.118 e. The fourth-order valence-electron chi connectivity index (χ4n) is 2.04. The molecule has 0 bridgehead atoms. The molecule has 2 nitrogen and oxygen atoms in total. The first-order chi connectivity index (χ1) is 10.1. The van der Waals surface area contributed by atoms with E-state index in [0.29, 0.717) is 6.61 Å². The Kier molecular flexibility index (Phi) is 5.85. The summed E-state index contributed by atoms with van der Waals surface area (Å²) in [7, 11) is 1.67. The van der Waals surface area contributed by atoms with E-state index in [4.69, 9.17) is 9.47 Å². The Morgan fingerprint density at radius 3 is 2.29 bits per heavy atom. The highest BCUT2D eigenvalue weighted by Gasteiger charge is 2.28. The Morgan fingerprint density at radius 1 is 1.05 bits per heavy atom. The molecule has 2 rings (SSSR count). The summed E-state index contributed by atoms with van der Waals surface area (Å²) in [4.78, 5) is 0. The lowest BCUT2D eigenvalue weighted by Gasteiger charge is -2.29. The van der Waals surface area contributed by atoms with Gasteiger partial charge in [-0.15, -0.1) is 0 Å². The van der Waals surface area contributed by atoms with Gasteiger partial charge in [-0.05, 0) is 36.2 Å². The molecule has 0 saturated heterocycles. The molecule has 0 N–H and O–H groups in total. The van der Waals surface area contributed by atoms with Crippen LogP contribution in [0.3, 0.4) is 0 Å². The number of ether oxygens (including phenoxy) is 2. The first kappa shape index (κ1) is 16.5. The third-order valence-electron chi connectivity index (χ3n) is 3.42. The zero-order valence-electron chi connectivity index (χ0n) is 12.1. The maximum absolute atomic E-state index is 6.19. The van der Waals surface area contributed by atoms with Crippen LogP contribution in [0.5, 0.6) is 5.75 Å². The Morgan fingerprint density at radius 2 is 1.71 bits per heavy atom. The van der Waals surface area contributed by atoms with Crippen molar-refractivity contribution in [1.29, 1.82) is 0 Å². The lowest BCUT2D eigenvalue weighted by atomic mass is 9.98. The van der Waals surface area contributed by atoms with E-state index in [2.05, 4.69) is 44.8 Å². The van der Waals surface area contributed by atoms with Gasteiger partial charge in [-0.3, -0.25) is 0 Å². The van der Waals surface area contributed by atoms with Crippen LogP contribution >= 0.6 is 31.9 Å². The maximum atomic E-state index is 6.19. The van der Waals surface area contributed by atoms with Crippen molar-refractivity contribution < 1.29 is 9.47 Å². The molecule has 0 spiro atoms. The van der Waals surface area contributed by atoms with Gasteiger partial charge in [0.05, 0.1) is 13.7 Å². The van der Waals surface area contributed by atoms with Gasteiger partial charge in [-0.25, -0.2) is 0 Å². The topological polar surface area (TPSA) is 18.5 Å². The number of rotatable bonds is 6. The van der Waals surface area contributed by atoms with Crippen LogP contribution in [0.4, 0.5) is 0 Å². The highest BCUT2D eigenvalue weighted by molar-refractivity contribution is 9.10. The number of alkyl halides is 1. The first-order valence-corrected chi connectivity index (χ1v) is 8.58. The average molecular weight is 414 g/mol. The summed E-state index contributed by atoms with van der Waals surface area (Å²) in [5.41, 5.74) is 1.87. The quantitative estimate of drug-likeness (QED) is 0.599. The van der Waals surface area contributed by atoms with E-state index in [9.17, 15) is 0 Å². The van der Waals surface area contributed by atoms with Gasteiger partial charge in [0.2, 0.25) is 0 Å². The fraction of sp³-hybridized carbons (Fsp3) is 0.294. The highest BCUT2D eigenvalue weighted by Crippen LogP contribution is 2.34. The van der Waals surface area contributed by atoms with Crippen molar-refractivity contribution >= 4 is 31.9 Å². The zero-order valence-corrected chi connectivity index (χ0v) is 15.3. The van der Waals surface area contributed by atoms with E-state index >= 15 is 0 Å². The van der Waals surface area contributed by atoms with Crippen molar-refractivity contribution in [2.45, 2.75) is 19.1 Å². The van der Waals surface area contributed by atoms with Crippen molar-refractivity contribution in [3.8, 4) is 5.75 Å². The van der Waals surface area contributed by atoms with Crippen LogP contribution in [-0.2, 0) is 16.9 Å². The van der Waals surface area contributed by atoms with E-state index < -0.39 is 0 Å². The average Bonchev–Trinajstić information content (AvgIpc) is 2.53. The molecule has 0 amide bonds. The molecule has 1 unspecified atom stereocenters. The third kappa shape index (κ3) is 4.09. The largest absolute Gasteiger partial charge is 0.497 e. The van der Waals surface area contributed by atoms with Crippen molar-refractivity contribution in [2.75, 3.05) is 12.4 Å². The van der Waals surface area contributed by atoms with E-state index in [1.165, 1.54) is 0 Å². The second-order valence-electron chi connectivity index (χ2n) is 4.98. The molecular weight excluding hydrogens is 396 g/mol. The van der Waals surface area contributed by atoms with Crippen LogP contribution in [-0.4, -0.2) is 12.4 Å². The van der Waals surface area contributed by atoms with Gasteiger partial charge >= 0.3 is 0 Å². The summed E-state index contributed by atoms with van der Waals surface area (Å²) in [6, 6.07) is 16.1. The minimum Gasteiger partial charge on any atom is -0.497 e. The molecule has 0 aliphatic carbocycles. The summed E-state index contributed by atoms with van der Waals surface area (Å²) in [6.45, 7) is 2.64. The van der Waals surface area contributed by atoms with Crippen LogP contribution < -0.4 is 4.74 Å². The van der Waals surface area contributed by atoms with Crippen LogP contribution in [0.2, 0.25) is 0 Å². The molecule has 0 aliphatic rings. The van der Waals surface area contributed by atoms with Crippen molar-refractivity contribution in [1.82, 2.24) is 0 Å². The molecule has 0 fully saturated rings. The summed E-state index contributed by atoms with van der Waals surface area (Å²) < 4.78 is 12.4. The monoisotopic (exact) mass is 412 g/mol. The van der Waals surface area contributed by atoms with E-state index in [1.807, 2.05) is 42.5 Å². The maximum Gasteiger partial charge on any atom is 0.118 e. The van der Waals surface area contributed by atoms with Gasteiger partial charge in [0.1, 0.15) is 11.4 Å². The molecular formula is C17H18Br2O2. The van der Waals surface area contributed by atoms with Gasteiger partial charge in [-0.2, -0.15) is 0 Å². The van der Waals surface area contributed by atoms with E-state index in [1.54, 1.807) is 7.11 Å². The Labute approximate surface area is 142 Å². The fourth-order valence-corrected chi connectivity index (χ4v) is 3.21. The molecule has 21 heavy (non-hydrogen) atoms. The lowest BCUT2D eigenvalue weighted by Crippen LogP contribution is -2.28. The predicted octanol–water partition coefficient (Wildman–Crippen LogP) is 5.28. The molecule has 0 radical (unpaired) electrons. The molecule has 0 aliphatic heterocycles. The van der Waals surface area contributed by atoms with Crippen LogP contribution in [0, 0.1) is 0 Å². The molecule has 0 aromatic heterocycles. The zero-order chi connectivity index (χ0) is 15.3. The molecule has 112 valence electrons. The SMILES string of the molecule is COc1ccc(COC(C)(CBr)c2ccccc2Br)cc1. The summed E-state index contributed by atoms with van der Waals surface area (Å²) in [5, 5.41) is 0.721. The van der Waals surface area contributed by atoms with Gasteiger partial charge in [0.15, 0.2) is 0 Å². The summed E-state index contributed by atoms with van der Waals surface area (Å²) >= 11 is 7.17.